The molecule has 0 saturated carbocycles. The standard InChI is InChI=1S/C24H22FN5O/c1-26-21-9-6-17-14-22(21)31-13-12-27-11-10-20-19-8-7-18(15-2-4-16(25)5-3-15)23(19)30-24(28-17)29-20/h2-6,9,14,18,27H,7-8,10-13H2,(H,28,29,30). The largest absolute Gasteiger partial charge is 0.503 e. The van der Waals surface area contributed by atoms with Gasteiger partial charge in [-0.25, -0.2) is 19.2 Å². The summed E-state index contributed by atoms with van der Waals surface area (Å²) in [5.74, 6) is 0.977. The smallest absolute Gasteiger partial charge is 0.228 e. The highest BCUT2D eigenvalue weighted by molar-refractivity contribution is 5.67. The molecular formula is C24H22FN5O. The van der Waals surface area contributed by atoms with E-state index < -0.39 is 0 Å². The van der Waals surface area contributed by atoms with Crippen molar-refractivity contribution in [1.82, 2.24) is 15.3 Å². The second kappa shape index (κ2) is 8.32. The van der Waals surface area contributed by atoms with Crippen molar-refractivity contribution in [3.05, 3.63) is 82.2 Å². The van der Waals surface area contributed by atoms with Crippen LogP contribution in [0.5, 0.6) is 5.75 Å². The zero-order valence-electron chi connectivity index (χ0n) is 17.0. The first-order chi connectivity index (χ1) is 15.2. The van der Waals surface area contributed by atoms with Crippen LogP contribution in [0.2, 0.25) is 0 Å². The predicted molar refractivity (Wildman–Crippen MR) is 117 cm³/mol. The number of anilines is 2. The quantitative estimate of drug-likeness (QED) is 0.573. The Labute approximate surface area is 180 Å². The van der Waals surface area contributed by atoms with Crippen molar-refractivity contribution in [2.45, 2.75) is 25.2 Å². The van der Waals surface area contributed by atoms with E-state index >= 15 is 0 Å². The van der Waals surface area contributed by atoms with Gasteiger partial charge in [0.2, 0.25) is 11.6 Å². The van der Waals surface area contributed by atoms with Gasteiger partial charge in [0.05, 0.1) is 24.6 Å². The van der Waals surface area contributed by atoms with Crippen LogP contribution < -0.4 is 15.4 Å². The Hall–Kier alpha value is -3.50. The maximum atomic E-state index is 13.4. The molecular weight excluding hydrogens is 393 g/mol. The Bertz CT molecular complexity index is 1160. The number of hydrogen-bond donors (Lipinski definition) is 2. The summed E-state index contributed by atoms with van der Waals surface area (Å²) in [6, 6.07) is 12.1. The van der Waals surface area contributed by atoms with Crippen molar-refractivity contribution in [1.29, 1.82) is 0 Å². The molecule has 31 heavy (non-hydrogen) atoms. The zero-order chi connectivity index (χ0) is 21.2. The number of ether oxygens (including phenoxy) is 1. The van der Waals surface area contributed by atoms with Gasteiger partial charge in [0.25, 0.3) is 0 Å². The molecule has 0 saturated heterocycles. The zero-order valence-corrected chi connectivity index (χ0v) is 17.0. The molecule has 156 valence electrons. The maximum absolute atomic E-state index is 13.4. The predicted octanol–water partition coefficient (Wildman–Crippen LogP) is 4.51. The van der Waals surface area contributed by atoms with Crippen molar-refractivity contribution >= 4 is 17.3 Å². The van der Waals surface area contributed by atoms with E-state index in [0.717, 1.165) is 48.4 Å². The van der Waals surface area contributed by atoms with Gasteiger partial charge >= 0.3 is 0 Å². The summed E-state index contributed by atoms with van der Waals surface area (Å²) in [6.45, 7) is 9.32. The van der Waals surface area contributed by atoms with E-state index in [9.17, 15) is 4.39 Å². The van der Waals surface area contributed by atoms with E-state index in [1.807, 2.05) is 24.3 Å². The van der Waals surface area contributed by atoms with E-state index in [-0.39, 0.29) is 11.7 Å². The van der Waals surface area contributed by atoms with Gasteiger partial charge in [-0.1, -0.05) is 18.2 Å². The number of nitrogens with one attached hydrogen (secondary N) is 2. The fourth-order valence-corrected chi connectivity index (χ4v) is 4.31. The molecule has 1 atom stereocenters. The molecule has 2 aromatic carbocycles. The lowest BCUT2D eigenvalue weighted by Gasteiger charge is -2.15. The van der Waals surface area contributed by atoms with Gasteiger partial charge in [0.1, 0.15) is 11.6 Å². The topological polar surface area (TPSA) is 63.4 Å². The third-order valence-corrected chi connectivity index (χ3v) is 5.82. The average molecular weight is 415 g/mol. The Balaban J connectivity index is 1.56. The maximum Gasteiger partial charge on any atom is 0.228 e. The Morgan fingerprint density at radius 3 is 2.77 bits per heavy atom. The van der Waals surface area contributed by atoms with Crippen LogP contribution in [0.3, 0.4) is 0 Å². The number of benzene rings is 2. The Kier molecular flexibility index (Phi) is 5.23. The van der Waals surface area contributed by atoms with Crippen molar-refractivity contribution < 1.29 is 9.13 Å². The van der Waals surface area contributed by atoms with Crippen molar-refractivity contribution in [3.8, 4) is 5.75 Å². The van der Waals surface area contributed by atoms with Crippen LogP contribution in [-0.2, 0) is 12.8 Å². The van der Waals surface area contributed by atoms with Gasteiger partial charge in [0, 0.05) is 31.1 Å². The van der Waals surface area contributed by atoms with Crippen LogP contribution >= 0.6 is 0 Å². The lowest BCUT2D eigenvalue weighted by atomic mass is 9.96. The fraction of sp³-hybridized carbons (Fsp3) is 0.292. The molecule has 2 heterocycles. The second-order valence-electron chi connectivity index (χ2n) is 7.77. The Morgan fingerprint density at radius 2 is 1.94 bits per heavy atom. The molecule has 2 aliphatic rings. The highest BCUT2D eigenvalue weighted by atomic mass is 19.1. The number of fused-ring (bicyclic) bond motifs is 6. The van der Waals surface area contributed by atoms with E-state index in [1.54, 1.807) is 6.07 Å². The molecule has 5 rings (SSSR count). The highest BCUT2D eigenvalue weighted by Gasteiger charge is 2.29. The van der Waals surface area contributed by atoms with Gasteiger partial charge in [-0.05, 0) is 48.2 Å². The summed E-state index contributed by atoms with van der Waals surface area (Å²) in [5.41, 5.74) is 5.59. The van der Waals surface area contributed by atoms with E-state index in [1.165, 1.54) is 17.7 Å². The van der Waals surface area contributed by atoms with Gasteiger partial charge < -0.3 is 15.4 Å². The molecule has 1 aromatic heterocycles. The molecule has 7 heteroatoms. The molecule has 0 amide bonds. The van der Waals surface area contributed by atoms with Crippen molar-refractivity contribution in [2.24, 2.45) is 0 Å². The molecule has 0 spiro atoms. The Morgan fingerprint density at radius 1 is 1.06 bits per heavy atom. The molecule has 4 bridgehead atoms. The highest BCUT2D eigenvalue weighted by Crippen LogP contribution is 2.39. The first kappa shape index (κ1) is 19.5. The van der Waals surface area contributed by atoms with Crippen molar-refractivity contribution in [2.75, 3.05) is 25.0 Å². The summed E-state index contributed by atoms with van der Waals surface area (Å²) in [6.07, 6.45) is 2.65. The summed E-state index contributed by atoms with van der Waals surface area (Å²) < 4.78 is 19.3. The van der Waals surface area contributed by atoms with Crippen LogP contribution in [0.15, 0.2) is 42.5 Å². The minimum absolute atomic E-state index is 0.130. The van der Waals surface area contributed by atoms with Crippen molar-refractivity contribution in [3.63, 3.8) is 0 Å². The van der Waals surface area contributed by atoms with Crippen LogP contribution in [-0.4, -0.2) is 29.7 Å². The van der Waals surface area contributed by atoms with E-state index in [2.05, 4.69) is 15.5 Å². The molecule has 0 fully saturated rings. The van der Waals surface area contributed by atoms with Crippen LogP contribution in [0.1, 0.15) is 34.9 Å². The number of aromatic nitrogens is 2. The molecule has 3 aromatic rings. The second-order valence-corrected chi connectivity index (χ2v) is 7.77. The molecule has 1 aliphatic heterocycles. The SMILES string of the molecule is [C-]#[N+]c1ccc2cc1OCCNCCc1nc(nc3c1CCC3c1ccc(F)cc1)N2. The normalized spacial score (nSPS) is 17.7. The monoisotopic (exact) mass is 415 g/mol. The fourth-order valence-electron chi connectivity index (χ4n) is 4.31. The summed E-state index contributed by atoms with van der Waals surface area (Å²) in [4.78, 5) is 13.2. The number of nitrogens with zero attached hydrogens (tertiary/aromatic N) is 3. The summed E-state index contributed by atoms with van der Waals surface area (Å²) >= 11 is 0. The third kappa shape index (κ3) is 3.94. The number of hydrogen-bond acceptors (Lipinski definition) is 5. The van der Waals surface area contributed by atoms with E-state index in [0.29, 0.717) is 30.5 Å². The molecule has 2 N–H and O–H groups in total. The molecule has 0 radical (unpaired) electrons. The minimum Gasteiger partial charge on any atom is -0.503 e. The first-order valence-corrected chi connectivity index (χ1v) is 10.5. The van der Waals surface area contributed by atoms with Gasteiger partial charge in [0.15, 0.2) is 0 Å². The van der Waals surface area contributed by atoms with Crippen LogP contribution in [0, 0.1) is 12.4 Å². The van der Waals surface area contributed by atoms with Gasteiger partial charge in [-0.3, -0.25) is 0 Å². The van der Waals surface area contributed by atoms with Gasteiger partial charge in [-0.15, -0.1) is 0 Å². The third-order valence-electron chi connectivity index (χ3n) is 5.82. The molecule has 1 unspecified atom stereocenters. The average Bonchev–Trinajstić information content (AvgIpc) is 3.20. The molecule has 1 aliphatic carbocycles. The first-order valence-electron chi connectivity index (χ1n) is 10.5. The summed E-state index contributed by atoms with van der Waals surface area (Å²) in [7, 11) is 0. The van der Waals surface area contributed by atoms with Gasteiger partial charge in [-0.2, -0.15) is 0 Å². The lowest BCUT2D eigenvalue weighted by molar-refractivity contribution is 0.316. The number of rotatable bonds is 1. The van der Waals surface area contributed by atoms with Crippen LogP contribution in [0.25, 0.3) is 4.85 Å². The number of halogens is 1. The summed E-state index contributed by atoms with van der Waals surface area (Å²) in [5, 5.41) is 6.69. The molecule has 6 nitrogen and oxygen atoms in total. The van der Waals surface area contributed by atoms with E-state index in [4.69, 9.17) is 21.3 Å². The minimum atomic E-state index is -0.231. The lowest BCUT2D eigenvalue weighted by Crippen LogP contribution is -2.24. The van der Waals surface area contributed by atoms with Crippen LogP contribution in [0.4, 0.5) is 21.7 Å².